The molecule has 2 aromatic heterocycles. The van der Waals surface area contributed by atoms with Gasteiger partial charge in [-0.1, -0.05) is 0 Å². The summed E-state index contributed by atoms with van der Waals surface area (Å²) in [6.07, 6.45) is 7.85. The zero-order chi connectivity index (χ0) is 17.2. The molecule has 1 fully saturated rings. The van der Waals surface area contributed by atoms with E-state index in [9.17, 15) is 9.59 Å². The summed E-state index contributed by atoms with van der Waals surface area (Å²) >= 11 is 0. The summed E-state index contributed by atoms with van der Waals surface area (Å²) in [5, 5.41) is 4.52. The highest BCUT2D eigenvalue weighted by atomic mass is 16.2. The molecule has 1 amide bonds. The molecule has 1 unspecified atom stereocenters. The van der Waals surface area contributed by atoms with E-state index in [2.05, 4.69) is 10.1 Å². The molecule has 25 heavy (non-hydrogen) atoms. The third-order valence-corrected chi connectivity index (χ3v) is 5.27. The van der Waals surface area contributed by atoms with Crippen molar-refractivity contribution < 1.29 is 4.79 Å². The molecule has 0 spiro atoms. The van der Waals surface area contributed by atoms with Crippen LogP contribution in [0.15, 0.2) is 29.3 Å². The number of aromatic nitrogens is 4. The number of carbonyl (C=O) groups excluding carboxylic acids is 1. The number of carbonyl (C=O) groups is 1. The average Bonchev–Trinajstić information content (AvgIpc) is 3.20. The quantitative estimate of drug-likeness (QED) is 0.837. The van der Waals surface area contributed by atoms with Crippen molar-refractivity contribution in [1.29, 1.82) is 0 Å². The third kappa shape index (κ3) is 3.23. The molecular weight excluding hydrogens is 318 g/mol. The molecule has 2 aliphatic rings. The second-order valence-electron chi connectivity index (χ2n) is 6.92. The van der Waals surface area contributed by atoms with Crippen molar-refractivity contribution in [3.63, 3.8) is 0 Å². The fourth-order valence-corrected chi connectivity index (χ4v) is 3.83. The molecule has 0 radical (unpaired) electrons. The first-order chi connectivity index (χ1) is 12.2. The monoisotopic (exact) mass is 341 g/mol. The van der Waals surface area contributed by atoms with Crippen molar-refractivity contribution in [3.8, 4) is 0 Å². The fourth-order valence-electron chi connectivity index (χ4n) is 3.83. The van der Waals surface area contributed by atoms with Crippen LogP contribution in [-0.4, -0.2) is 43.2 Å². The van der Waals surface area contributed by atoms with Crippen LogP contribution in [0.3, 0.4) is 0 Å². The summed E-state index contributed by atoms with van der Waals surface area (Å²) in [6.45, 7) is 2.81. The van der Waals surface area contributed by atoms with Gasteiger partial charge in [0.1, 0.15) is 5.82 Å². The van der Waals surface area contributed by atoms with Crippen LogP contribution in [0.5, 0.6) is 0 Å². The Kier molecular flexibility index (Phi) is 4.38. The number of nitrogens with zero attached hydrogens (tertiary/aromatic N) is 5. The van der Waals surface area contributed by atoms with E-state index in [0.29, 0.717) is 19.5 Å². The maximum absolute atomic E-state index is 12.7. The van der Waals surface area contributed by atoms with E-state index in [0.717, 1.165) is 50.2 Å². The minimum atomic E-state index is -0.0823. The van der Waals surface area contributed by atoms with Gasteiger partial charge in [-0.05, 0) is 43.4 Å². The molecule has 0 aromatic carbocycles. The number of amides is 1. The van der Waals surface area contributed by atoms with Crippen molar-refractivity contribution in [2.45, 2.75) is 45.2 Å². The fraction of sp³-hybridized carbons (Fsp3) is 0.556. The number of fused-ring (bicyclic) bond motifs is 1. The van der Waals surface area contributed by atoms with Gasteiger partial charge in [-0.25, -0.2) is 9.48 Å². The first kappa shape index (κ1) is 16.1. The molecule has 1 atom stereocenters. The van der Waals surface area contributed by atoms with Gasteiger partial charge in [0.25, 0.3) is 0 Å². The number of likely N-dealkylation sites (tertiary alicyclic amines) is 1. The number of hydrogen-bond acceptors (Lipinski definition) is 4. The summed E-state index contributed by atoms with van der Waals surface area (Å²) in [6, 6.07) is 3.78. The van der Waals surface area contributed by atoms with Gasteiger partial charge in [-0.15, -0.1) is 0 Å². The largest absolute Gasteiger partial charge is 0.346 e. The van der Waals surface area contributed by atoms with Gasteiger partial charge >= 0.3 is 5.69 Å². The molecule has 1 saturated heterocycles. The summed E-state index contributed by atoms with van der Waals surface area (Å²) < 4.78 is 3.27. The number of rotatable bonds is 3. The number of pyridine rings is 1. The van der Waals surface area contributed by atoms with Crippen LogP contribution in [0.25, 0.3) is 0 Å². The molecule has 0 aliphatic carbocycles. The molecule has 4 rings (SSSR count). The molecule has 7 heteroatoms. The second-order valence-corrected chi connectivity index (χ2v) is 6.92. The van der Waals surface area contributed by atoms with Gasteiger partial charge < -0.3 is 4.90 Å². The van der Waals surface area contributed by atoms with Crippen LogP contribution in [-0.2, 0) is 24.3 Å². The number of aryl methyl sites for hydroxylation is 1. The minimum absolute atomic E-state index is 0.0212. The van der Waals surface area contributed by atoms with Crippen molar-refractivity contribution >= 4 is 5.91 Å². The summed E-state index contributed by atoms with van der Waals surface area (Å²) in [5.41, 5.74) is 0.925. The average molecular weight is 341 g/mol. The van der Waals surface area contributed by atoms with Crippen molar-refractivity contribution in [1.82, 2.24) is 24.2 Å². The van der Waals surface area contributed by atoms with E-state index in [1.807, 2.05) is 17.0 Å². The van der Waals surface area contributed by atoms with Crippen molar-refractivity contribution in [2.24, 2.45) is 5.92 Å². The van der Waals surface area contributed by atoms with Crippen LogP contribution in [0, 0.1) is 5.92 Å². The van der Waals surface area contributed by atoms with Gasteiger partial charge in [-0.2, -0.15) is 5.10 Å². The maximum Gasteiger partial charge on any atom is 0.346 e. The standard InChI is InChI=1S/C18H23N5O2/c24-17(21-10-1-2-11-21)15-3-4-16-20-23(18(25)22(16)12-7-15)13-14-5-8-19-9-6-14/h5-6,8-9,15H,1-4,7,10-13H2. The van der Waals surface area contributed by atoms with E-state index in [4.69, 9.17) is 0 Å². The summed E-state index contributed by atoms with van der Waals surface area (Å²) in [5.74, 6) is 1.09. The summed E-state index contributed by atoms with van der Waals surface area (Å²) in [4.78, 5) is 31.3. The zero-order valence-electron chi connectivity index (χ0n) is 14.3. The van der Waals surface area contributed by atoms with E-state index >= 15 is 0 Å². The Balaban J connectivity index is 1.48. The predicted molar refractivity (Wildman–Crippen MR) is 92.1 cm³/mol. The molecule has 0 bridgehead atoms. The SMILES string of the molecule is O=C(C1CCc2nn(Cc3ccncc3)c(=O)n2CC1)N1CCCC1. The Morgan fingerprint density at radius 3 is 2.64 bits per heavy atom. The lowest BCUT2D eigenvalue weighted by molar-refractivity contribution is -0.134. The highest BCUT2D eigenvalue weighted by molar-refractivity contribution is 5.79. The second kappa shape index (κ2) is 6.82. The first-order valence-corrected chi connectivity index (χ1v) is 9.06. The smallest absolute Gasteiger partial charge is 0.342 e. The van der Waals surface area contributed by atoms with Gasteiger partial charge in [0.05, 0.1) is 6.54 Å². The Hall–Kier alpha value is -2.44. The lowest BCUT2D eigenvalue weighted by Gasteiger charge is -2.21. The van der Waals surface area contributed by atoms with Crippen LogP contribution >= 0.6 is 0 Å². The van der Waals surface area contributed by atoms with Gasteiger partial charge in [0.15, 0.2) is 0 Å². The van der Waals surface area contributed by atoms with E-state index in [1.54, 1.807) is 17.0 Å². The molecule has 0 N–H and O–H groups in total. The topological polar surface area (TPSA) is 73.0 Å². The summed E-state index contributed by atoms with van der Waals surface area (Å²) in [7, 11) is 0. The van der Waals surface area contributed by atoms with Crippen LogP contribution in [0.2, 0.25) is 0 Å². The molecule has 7 nitrogen and oxygen atoms in total. The van der Waals surface area contributed by atoms with Crippen LogP contribution < -0.4 is 5.69 Å². The lowest BCUT2D eigenvalue weighted by atomic mass is 9.99. The normalized spacial score (nSPS) is 20.3. The number of hydrogen-bond donors (Lipinski definition) is 0. The van der Waals surface area contributed by atoms with Crippen LogP contribution in [0.4, 0.5) is 0 Å². The molecule has 132 valence electrons. The Bertz CT molecular complexity index is 805. The van der Waals surface area contributed by atoms with E-state index in [1.165, 1.54) is 4.68 Å². The van der Waals surface area contributed by atoms with Gasteiger partial charge in [0, 0.05) is 44.4 Å². The lowest BCUT2D eigenvalue weighted by Crippen LogP contribution is -2.34. The van der Waals surface area contributed by atoms with Crippen molar-refractivity contribution in [3.05, 3.63) is 46.4 Å². The van der Waals surface area contributed by atoms with E-state index < -0.39 is 0 Å². The van der Waals surface area contributed by atoms with Gasteiger partial charge in [0.2, 0.25) is 5.91 Å². The Labute approximate surface area is 146 Å². The minimum Gasteiger partial charge on any atom is -0.342 e. The maximum atomic E-state index is 12.7. The van der Waals surface area contributed by atoms with E-state index in [-0.39, 0.29) is 17.5 Å². The first-order valence-electron chi connectivity index (χ1n) is 9.06. The zero-order valence-corrected chi connectivity index (χ0v) is 14.3. The van der Waals surface area contributed by atoms with Crippen LogP contribution in [0.1, 0.15) is 37.1 Å². The molecule has 0 saturated carbocycles. The highest BCUT2D eigenvalue weighted by Crippen LogP contribution is 2.22. The third-order valence-electron chi connectivity index (χ3n) is 5.27. The predicted octanol–water partition coefficient (Wildman–Crippen LogP) is 1.06. The molecule has 4 heterocycles. The molecular formula is C18H23N5O2. The Morgan fingerprint density at radius 2 is 1.88 bits per heavy atom. The highest BCUT2D eigenvalue weighted by Gasteiger charge is 2.29. The van der Waals surface area contributed by atoms with Gasteiger partial charge in [-0.3, -0.25) is 14.3 Å². The Morgan fingerprint density at radius 1 is 1.12 bits per heavy atom. The van der Waals surface area contributed by atoms with Crippen molar-refractivity contribution in [2.75, 3.05) is 13.1 Å². The molecule has 2 aliphatic heterocycles. The molecule has 2 aromatic rings.